The average molecular weight is 317 g/mol. The van der Waals surface area contributed by atoms with Gasteiger partial charge in [0.15, 0.2) is 0 Å². The molecule has 0 amide bonds. The van der Waals surface area contributed by atoms with E-state index < -0.39 is 0 Å². The highest BCUT2D eigenvalue weighted by Crippen LogP contribution is 2.20. The summed E-state index contributed by atoms with van der Waals surface area (Å²) in [7, 11) is 0. The van der Waals surface area contributed by atoms with Crippen LogP contribution in [0.5, 0.6) is 0 Å². The number of halogens is 2. The second kappa shape index (κ2) is 6.64. The van der Waals surface area contributed by atoms with E-state index in [4.69, 9.17) is 5.73 Å². The molecule has 0 spiro atoms. The topological polar surface area (TPSA) is 29.3 Å². The van der Waals surface area contributed by atoms with E-state index in [0.717, 1.165) is 23.1 Å². The van der Waals surface area contributed by atoms with Crippen LogP contribution in [0.3, 0.4) is 0 Å². The highest BCUT2D eigenvalue weighted by molar-refractivity contribution is 9.10. The summed E-state index contributed by atoms with van der Waals surface area (Å²) in [6.07, 6.45) is 0. The average Bonchev–Trinajstić information content (AvgIpc) is 2.32. The summed E-state index contributed by atoms with van der Waals surface area (Å²) in [4.78, 5) is 2.22. The Labute approximate surface area is 117 Å². The Kier molecular flexibility index (Phi) is 5.76. The van der Waals surface area contributed by atoms with Crippen LogP contribution >= 0.6 is 15.9 Å². The van der Waals surface area contributed by atoms with Crippen LogP contribution in [0.4, 0.5) is 4.39 Å². The predicted octanol–water partition coefficient (Wildman–Crippen LogP) is 3.40. The van der Waals surface area contributed by atoms with Crippen molar-refractivity contribution < 1.29 is 4.39 Å². The molecule has 0 radical (unpaired) electrons. The fourth-order valence-electron chi connectivity index (χ4n) is 1.85. The van der Waals surface area contributed by atoms with Gasteiger partial charge in [-0.05, 0) is 36.7 Å². The van der Waals surface area contributed by atoms with Crippen molar-refractivity contribution in [3.63, 3.8) is 0 Å². The van der Waals surface area contributed by atoms with Crippen molar-refractivity contribution in [2.75, 3.05) is 19.6 Å². The van der Waals surface area contributed by atoms with Crippen LogP contribution < -0.4 is 5.73 Å². The maximum Gasteiger partial charge on any atom is 0.127 e. The van der Waals surface area contributed by atoms with E-state index >= 15 is 0 Å². The molecule has 0 aliphatic rings. The number of benzene rings is 1. The van der Waals surface area contributed by atoms with Crippen LogP contribution in [0.1, 0.15) is 26.3 Å². The van der Waals surface area contributed by atoms with E-state index in [0.29, 0.717) is 13.1 Å². The molecule has 0 saturated heterocycles. The van der Waals surface area contributed by atoms with Crippen LogP contribution in [0.25, 0.3) is 0 Å². The van der Waals surface area contributed by atoms with Gasteiger partial charge in [0.2, 0.25) is 0 Å². The minimum atomic E-state index is -0.151. The lowest BCUT2D eigenvalue weighted by molar-refractivity contribution is 0.181. The first kappa shape index (κ1) is 15.6. The van der Waals surface area contributed by atoms with Gasteiger partial charge in [0, 0.05) is 23.1 Å². The summed E-state index contributed by atoms with van der Waals surface area (Å²) in [5.74, 6) is -0.151. The zero-order valence-corrected chi connectivity index (χ0v) is 12.9. The summed E-state index contributed by atoms with van der Waals surface area (Å²) in [6, 6.07) is 5.06. The molecule has 1 aromatic carbocycles. The number of hydrogen-bond donors (Lipinski definition) is 1. The van der Waals surface area contributed by atoms with Gasteiger partial charge in [0.1, 0.15) is 5.82 Å². The van der Waals surface area contributed by atoms with Crippen molar-refractivity contribution >= 4 is 15.9 Å². The van der Waals surface area contributed by atoms with Crippen molar-refractivity contribution in [2.45, 2.75) is 27.3 Å². The maximum atomic E-state index is 13.7. The molecule has 102 valence electrons. The summed E-state index contributed by atoms with van der Waals surface area (Å²) in [5, 5.41) is 0. The molecular formula is C14H22BrFN2. The van der Waals surface area contributed by atoms with E-state index in [9.17, 15) is 4.39 Å². The van der Waals surface area contributed by atoms with E-state index in [1.54, 1.807) is 6.07 Å². The molecule has 0 bridgehead atoms. The van der Waals surface area contributed by atoms with Gasteiger partial charge in [-0.2, -0.15) is 0 Å². The molecule has 0 heterocycles. The van der Waals surface area contributed by atoms with Gasteiger partial charge in [0.05, 0.1) is 0 Å². The Bertz CT molecular complexity index is 393. The van der Waals surface area contributed by atoms with Crippen LogP contribution in [-0.4, -0.2) is 24.5 Å². The molecule has 4 heteroatoms. The van der Waals surface area contributed by atoms with Crippen molar-refractivity contribution in [1.82, 2.24) is 4.90 Å². The van der Waals surface area contributed by atoms with Crippen LogP contribution in [0, 0.1) is 11.2 Å². The maximum absolute atomic E-state index is 13.7. The Morgan fingerprint density at radius 3 is 2.61 bits per heavy atom. The van der Waals surface area contributed by atoms with Gasteiger partial charge in [-0.3, -0.25) is 4.90 Å². The van der Waals surface area contributed by atoms with Crippen LogP contribution in [0.2, 0.25) is 0 Å². The van der Waals surface area contributed by atoms with Crippen molar-refractivity contribution in [2.24, 2.45) is 11.1 Å². The van der Waals surface area contributed by atoms with Gasteiger partial charge >= 0.3 is 0 Å². The van der Waals surface area contributed by atoms with Gasteiger partial charge in [-0.1, -0.05) is 36.7 Å². The van der Waals surface area contributed by atoms with Crippen molar-refractivity contribution in [1.29, 1.82) is 0 Å². The third-order valence-electron chi connectivity index (χ3n) is 3.05. The molecule has 0 fully saturated rings. The lowest BCUT2D eigenvalue weighted by atomic mass is 9.93. The quantitative estimate of drug-likeness (QED) is 0.871. The minimum Gasteiger partial charge on any atom is -0.330 e. The second-order valence-corrected chi connectivity index (χ2v) is 6.32. The molecule has 0 aliphatic carbocycles. The van der Waals surface area contributed by atoms with E-state index in [1.807, 2.05) is 6.07 Å². The third kappa shape index (κ3) is 4.67. The molecule has 2 nitrogen and oxygen atoms in total. The molecule has 18 heavy (non-hydrogen) atoms. The number of rotatable bonds is 6. The SMILES string of the molecule is CCN(Cc1cc(Br)ccc1F)CC(C)(C)CN. The summed E-state index contributed by atoms with van der Waals surface area (Å²) in [5.41, 5.74) is 6.52. The molecule has 0 unspecified atom stereocenters. The Balaban J connectivity index is 2.77. The normalized spacial score (nSPS) is 12.2. The van der Waals surface area contributed by atoms with Crippen molar-refractivity contribution in [3.05, 3.63) is 34.1 Å². The first-order valence-corrected chi connectivity index (χ1v) is 7.03. The first-order valence-electron chi connectivity index (χ1n) is 6.24. The molecule has 1 rings (SSSR count). The highest BCUT2D eigenvalue weighted by Gasteiger charge is 2.20. The van der Waals surface area contributed by atoms with Crippen LogP contribution in [-0.2, 0) is 6.54 Å². The Morgan fingerprint density at radius 1 is 1.39 bits per heavy atom. The fraction of sp³-hybridized carbons (Fsp3) is 0.571. The highest BCUT2D eigenvalue weighted by atomic mass is 79.9. The standard InChI is InChI=1S/C14H22BrFN2/c1-4-18(10-14(2,3)9-17)8-11-7-12(15)5-6-13(11)16/h5-7H,4,8-10,17H2,1-3H3. The Morgan fingerprint density at radius 2 is 2.06 bits per heavy atom. The van der Waals surface area contributed by atoms with Gasteiger partial charge in [-0.25, -0.2) is 4.39 Å². The molecule has 0 aliphatic heterocycles. The number of nitrogens with zero attached hydrogens (tertiary/aromatic N) is 1. The van der Waals surface area contributed by atoms with Gasteiger partial charge in [0.25, 0.3) is 0 Å². The zero-order valence-electron chi connectivity index (χ0n) is 11.3. The Hall–Kier alpha value is -0.450. The fourth-order valence-corrected chi connectivity index (χ4v) is 2.26. The first-order chi connectivity index (χ1) is 8.38. The summed E-state index contributed by atoms with van der Waals surface area (Å²) in [6.45, 7) is 9.35. The molecule has 0 aromatic heterocycles. The van der Waals surface area contributed by atoms with E-state index in [-0.39, 0.29) is 11.2 Å². The van der Waals surface area contributed by atoms with E-state index in [1.165, 1.54) is 6.07 Å². The molecule has 1 aromatic rings. The summed E-state index contributed by atoms with van der Waals surface area (Å²) >= 11 is 3.38. The lowest BCUT2D eigenvalue weighted by Gasteiger charge is -2.31. The number of hydrogen-bond acceptors (Lipinski definition) is 2. The largest absolute Gasteiger partial charge is 0.330 e. The lowest BCUT2D eigenvalue weighted by Crippen LogP contribution is -2.38. The van der Waals surface area contributed by atoms with E-state index in [2.05, 4.69) is 41.6 Å². The smallest absolute Gasteiger partial charge is 0.127 e. The van der Waals surface area contributed by atoms with Crippen molar-refractivity contribution in [3.8, 4) is 0 Å². The van der Waals surface area contributed by atoms with Crippen LogP contribution in [0.15, 0.2) is 22.7 Å². The van der Waals surface area contributed by atoms with Gasteiger partial charge in [-0.15, -0.1) is 0 Å². The number of nitrogens with two attached hydrogens (primary N) is 1. The monoisotopic (exact) mass is 316 g/mol. The molecule has 0 saturated carbocycles. The predicted molar refractivity (Wildman–Crippen MR) is 77.9 cm³/mol. The minimum absolute atomic E-state index is 0.0541. The molecule has 0 atom stereocenters. The third-order valence-corrected chi connectivity index (χ3v) is 3.55. The van der Waals surface area contributed by atoms with Gasteiger partial charge < -0.3 is 5.73 Å². The molecular weight excluding hydrogens is 295 g/mol. The molecule has 2 N–H and O–H groups in total. The summed E-state index contributed by atoms with van der Waals surface area (Å²) < 4.78 is 14.6. The second-order valence-electron chi connectivity index (χ2n) is 5.41. The zero-order chi connectivity index (χ0) is 13.8.